The van der Waals surface area contributed by atoms with Crippen molar-refractivity contribution in [3.05, 3.63) is 78.5 Å². The van der Waals surface area contributed by atoms with Crippen LogP contribution in [-0.2, 0) is 4.79 Å². The summed E-state index contributed by atoms with van der Waals surface area (Å²) in [6, 6.07) is 20.1. The van der Waals surface area contributed by atoms with Crippen molar-refractivity contribution in [3.8, 4) is 16.9 Å². The van der Waals surface area contributed by atoms with Gasteiger partial charge in [0.1, 0.15) is 0 Å². The molecule has 0 radical (unpaired) electrons. The molecule has 0 saturated carbocycles. The van der Waals surface area contributed by atoms with E-state index in [2.05, 4.69) is 6.92 Å². The summed E-state index contributed by atoms with van der Waals surface area (Å²) in [6.45, 7) is 3.90. The summed E-state index contributed by atoms with van der Waals surface area (Å²) in [7, 11) is 0. The molecule has 4 rings (SSSR count). The smallest absolute Gasteiger partial charge is 0.246 e. The lowest BCUT2D eigenvalue weighted by Crippen LogP contribution is -2.38. The summed E-state index contributed by atoms with van der Waals surface area (Å²) in [6.07, 6.45) is 7.87. The summed E-state index contributed by atoms with van der Waals surface area (Å²) in [4.78, 5) is 14.6. The van der Waals surface area contributed by atoms with Crippen LogP contribution >= 0.6 is 0 Å². The van der Waals surface area contributed by atoms with Gasteiger partial charge in [-0.3, -0.25) is 4.79 Å². The summed E-state index contributed by atoms with van der Waals surface area (Å²) in [5.74, 6) is 0.657. The first-order valence-corrected chi connectivity index (χ1v) is 9.88. The van der Waals surface area contributed by atoms with Gasteiger partial charge in [0.2, 0.25) is 5.91 Å². The van der Waals surface area contributed by atoms with Crippen LogP contribution in [0.25, 0.3) is 23.0 Å². The Morgan fingerprint density at radius 2 is 1.79 bits per heavy atom. The molecule has 2 heterocycles. The van der Waals surface area contributed by atoms with Gasteiger partial charge in [-0.2, -0.15) is 5.10 Å². The average Bonchev–Trinajstić information content (AvgIpc) is 3.17. The molecule has 4 heteroatoms. The number of amides is 1. The standard InChI is InChI=1S/C24H25N3O/c1-19-9-8-16-26(17-19)23(28)15-14-21-18-27(22-12-6-3-7-13-22)25-24(21)20-10-4-2-5-11-20/h2-7,10-15,18-19H,8-9,16-17H2,1H3/b15-14+/t19-/m1/s1. The maximum absolute atomic E-state index is 12.7. The molecule has 1 aliphatic rings. The number of aromatic nitrogens is 2. The van der Waals surface area contributed by atoms with Crippen molar-refractivity contribution in [2.45, 2.75) is 19.8 Å². The van der Waals surface area contributed by atoms with Crippen molar-refractivity contribution in [1.29, 1.82) is 0 Å². The first kappa shape index (κ1) is 18.2. The van der Waals surface area contributed by atoms with E-state index in [0.717, 1.165) is 42.0 Å². The van der Waals surface area contributed by atoms with Gasteiger partial charge < -0.3 is 4.90 Å². The molecule has 28 heavy (non-hydrogen) atoms. The predicted octanol–water partition coefficient (Wildman–Crippen LogP) is 4.81. The van der Waals surface area contributed by atoms with Crippen LogP contribution < -0.4 is 0 Å². The van der Waals surface area contributed by atoms with E-state index in [1.54, 1.807) is 6.08 Å². The van der Waals surface area contributed by atoms with Gasteiger partial charge in [0.15, 0.2) is 0 Å². The molecule has 1 atom stereocenters. The monoisotopic (exact) mass is 371 g/mol. The van der Waals surface area contributed by atoms with Gasteiger partial charge in [0.05, 0.1) is 11.4 Å². The summed E-state index contributed by atoms with van der Waals surface area (Å²) < 4.78 is 1.87. The minimum absolute atomic E-state index is 0.0815. The van der Waals surface area contributed by atoms with Crippen molar-refractivity contribution in [2.24, 2.45) is 5.92 Å². The van der Waals surface area contributed by atoms with Crippen molar-refractivity contribution in [3.63, 3.8) is 0 Å². The Bertz CT molecular complexity index is 960. The Labute approximate surface area is 166 Å². The molecule has 0 bridgehead atoms. The minimum Gasteiger partial charge on any atom is -0.339 e. The van der Waals surface area contributed by atoms with Crippen LogP contribution in [0.2, 0.25) is 0 Å². The van der Waals surface area contributed by atoms with E-state index in [1.165, 1.54) is 6.42 Å². The number of likely N-dealkylation sites (tertiary alicyclic amines) is 1. The van der Waals surface area contributed by atoms with E-state index in [0.29, 0.717) is 5.92 Å². The molecule has 4 nitrogen and oxygen atoms in total. The SMILES string of the molecule is C[C@@H]1CCCN(C(=O)/C=C/c2cn(-c3ccccc3)nc2-c2ccccc2)C1. The quantitative estimate of drug-likeness (QED) is 0.617. The zero-order valence-corrected chi connectivity index (χ0v) is 16.2. The number of carbonyl (C=O) groups is 1. The lowest BCUT2D eigenvalue weighted by atomic mass is 10.0. The fraction of sp³-hybridized carbons (Fsp3) is 0.250. The lowest BCUT2D eigenvalue weighted by molar-refractivity contribution is -0.127. The average molecular weight is 371 g/mol. The minimum atomic E-state index is 0.0815. The van der Waals surface area contributed by atoms with Gasteiger partial charge in [-0.15, -0.1) is 0 Å². The highest BCUT2D eigenvalue weighted by molar-refractivity contribution is 5.93. The third kappa shape index (κ3) is 4.06. The molecule has 1 aromatic heterocycles. The molecule has 3 aromatic rings. The highest BCUT2D eigenvalue weighted by Gasteiger charge is 2.19. The largest absolute Gasteiger partial charge is 0.339 e. The second kappa shape index (κ2) is 8.26. The summed E-state index contributed by atoms with van der Waals surface area (Å²) in [5.41, 5.74) is 3.85. The Kier molecular flexibility index (Phi) is 5.38. The second-order valence-corrected chi connectivity index (χ2v) is 7.44. The molecular formula is C24H25N3O. The molecule has 1 amide bonds. The van der Waals surface area contributed by atoms with Gasteiger partial charge in [-0.25, -0.2) is 4.68 Å². The first-order chi connectivity index (χ1) is 13.7. The topological polar surface area (TPSA) is 38.1 Å². The fourth-order valence-corrected chi connectivity index (χ4v) is 3.70. The third-order valence-electron chi connectivity index (χ3n) is 5.18. The number of benzene rings is 2. The van der Waals surface area contributed by atoms with Gasteiger partial charge in [-0.05, 0) is 37.0 Å². The molecule has 1 saturated heterocycles. The van der Waals surface area contributed by atoms with E-state index in [-0.39, 0.29) is 5.91 Å². The predicted molar refractivity (Wildman–Crippen MR) is 113 cm³/mol. The lowest BCUT2D eigenvalue weighted by Gasteiger charge is -2.30. The van der Waals surface area contributed by atoms with Crippen LogP contribution in [0.5, 0.6) is 0 Å². The maximum atomic E-state index is 12.7. The van der Waals surface area contributed by atoms with Gasteiger partial charge in [0.25, 0.3) is 0 Å². The van der Waals surface area contributed by atoms with Crippen molar-refractivity contribution in [1.82, 2.24) is 14.7 Å². The number of piperidine rings is 1. The highest BCUT2D eigenvalue weighted by Crippen LogP contribution is 2.25. The van der Waals surface area contributed by atoms with Crippen LogP contribution in [0.15, 0.2) is 72.9 Å². The van der Waals surface area contributed by atoms with Gasteiger partial charge in [-0.1, -0.05) is 55.5 Å². The van der Waals surface area contributed by atoms with Crippen LogP contribution in [-0.4, -0.2) is 33.7 Å². The third-order valence-corrected chi connectivity index (χ3v) is 5.18. The Morgan fingerprint density at radius 3 is 2.50 bits per heavy atom. The molecular weight excluding hydrogens is 346 g/mol. The molecule has 1 aliphatic heterocycles. The van der Waals surface area contributed by atoms with E-state index in [9.17, 15) is 4.79 Å². The number of hydrogen-bond donors (Lipinski definition) is 0. The zero-order chi connectivity index (χ0) is 19.3. The van der Waals surface area contributed by atoms with E-state index in [4.69, 9.17) is 5.10 Å². The molecule has 0 unspecified atom stereocenters. The number of para-hydroxylation sites is 1. The fourth-order valence-electron chi connectivity index (χ4n) is 3.70. The molecule has 142 valence electrons. The van der Waals surface area contributed by atoms with Gasteiger partial charge in [0, 0.05) is 36.5 Å². The molecule has 0 spiro atoms. The number of carbonyl (C=O) groups excluding carboxylic acids is 1. The normalized spacial score (nSPS) is 17.2. The molecule has 0 N–H and O–H groups in total. The van der Waals surface area contributed by atoms with Crippen LogP contribution in [0, 0.1) is 5.92 Å². The first-order valence-electron chi connectivity index (χ1n) is 9.88. The highest BCUT2D eigenvalue weighted by atomic mass is 16.2. The van der Waals surface area contributed by atoms with E-state index in [1.807, 2.05) is 82.5 Å². The van der Waals surface area contributed by atoms with E-state index >= 15 is 0 Å². The summed E-state index contributed by atoms with van der Waals surface area (Å²) in [5, 5.41) is 4.79. The number of hydrogen-bond acceptors (Lipinski definition) is 2. The number of rotatable bonds is 4. The zero-order valence-electron chi connectivity index (χ0n) is 16.2. The second-order valence-electron chi connectivity index (χ2n) is 7.44. The molecule has 1 fully saturated rings. The Morgan fingerprint density at radius 1 is 1.07 bits per heavy atom. The van der Waals surface area contributed by atoms with Crippen molar-refractivity contribution >= 4 is 12.0 Å². The number of nitrogens with zero attached hydrogens (tertiary/aromatic N) is 3. The van der Waals surface area contributed by atoms with Crippen molar-refractivity contribution < 1.29 is 4.79 Å². The molecule has 0 aliphatic carbocycles. The summed E-state index contributed by atoms with van der Waals surface area (Å²) >= 11 is 0. The van der Waals surface area contributed by atoms with Crippen LogP contribution in [0.1, 0.15) is 25.3 Å². The Hall–Kier alpha value is -3.14. The van der Waals surface area contributed by atoms with E-state index < -0.39 is 0 Å². The maximum Gasteiger partial charge on any atom is 0.246 e. The van der Waals surface area contributed by atoms with Crippen LogP contribution in [0.4, 0.5) is 0 Å². The molecule has 2 aromatic carbocycles. The van der Waals surface area contributed by atoms with Crippen molar-refractivity contribution in [2.75, 3.05) is 13.1 Å². The van der Waals surface area contributed by atoms with Crippen LogP contribution in [0.3, 0.4) is 0 Å². The Balaban J connectivity index is 1.65. The van der Waals surface area contributed by atoms with Gasteiger partial charge >= 0.3 is 0 Å².